The molecule has 0 spiro atoms. The zero-order chi connectivity index (χ0) is 36.5. The number of nitrogens with zero attached hydrogens (tertiary/aromatic N) is 2. The molecule has 1 fully saturated rings. The van der Waals surface area contributed by atoms with Crippen LogP contribution < -0.4 is 24.6 Å². The van der Waals surface area contributed by atoms with Crippen molar-refractivity contribution >= 4 is 46.9 Å². The number of carbonyl (C=O) groups excluding carboxylic acids is 3. The minimum atomic E-state index is -0.777. The van der Waals surface area contributed by atoms with Gasteiger partial charge < -0.3 is 14.4 Å². The quantitative estimate of drug-likeness (QED) is 0.121. The highest BCUT2D eigenvalue weighted by molar-refractivity contribution is 6.39. The van der Waals surface area contributed by atoms with Crippen LogP contribution in [0.5, 0.6) is 11.5 Å². The molecule has 266 valence electrons. The molecule has 53 heavy (non-hydrogen) atoms. The number of carbonyl (C=O) groups is 3. The lowest BCUT2D eigenvalue weighted by molar-refractivity contribution is -0.122. The molecule has 5 aromatic carbocycles. The van der Waals surface area contributed by atoms with Crippen LogP contribution in [-0.4, -0.2) is 37.5 Å². The van der Waals surface area contributed by atoms with Gasteiger partial charge in [-0.2, -0.15) is 0 Å². The molecule has 9 heteroatoms. The Morgan fingerprint density at radius 1 is 0.755 bits per heavy atom. The molecule has 0 unspecified atom stereocenters. The van der Waals surface area contributed by atoms with Crippen LogP contribution in [0.1, 0.15) is 65.0 Å². The number of benzene rings is 5. The average Bonchev–Trinajstić information content (AvgIpc) is 3.18. The molecule has 0 radical (unpaired) electrons. The predicted molar refractivity (Wildman–Crippen MR) is 207 cm³/mol. The monoisotopic (exact) mass is 723 g/mol. The molecular weight excluding hydrogens is 686 g/mol. The van der Waals surface area contributed by atoms with Crippen LogP contribution in [0.15, 0.2) is 121 Å². The minimum Gasteiger partial charge on any atom is -0.490 e. The number of hydrogen-bond donors (Lipinski definition) is 1. The summed E-state index contributed by atoms with van der Waals surface area (Å²) < 4.78 is 12.0. The summed E-state index contributed by atoms with van der Waals surface area (Å²) in [4.78, 5) is 44.9. The molecule has 8 nitrogen and oxygen atoms in total. The van der Waals surface area contributed by atoms with Crippen molar-refractivity contribution in [2.75, 3.05) is 29.5 Å². The third-order valence-corrected chi connectivity index (χ3v) is 10.5. The van der Waals surface area contributed by atoms with Crippen molar-refractivity contribution in [3.05, 3.63) is 159 Å². The van der Waals surface area contributed by atoms with Gasteiger partial charge in [-0.15, -0.1) is 0 Å². The molecule has 8 rings (SSSR count). The van der Waals surface area contributed by atoms with E-state index in [1.54, 1.807) is 30.3 Å². The predicted octanol–water partition coefficient (Wildman–Crippen LogP) is 8.86. The number of hydrogen-bond acceptors (Lipinski definition) is 6. The molecule has 4 amide bonds. The van der Waals surface area contributed by atoms with E-state index in [-0.39, 0.29) is 17.4 Å². The highest BCUT2D eigenvalue weighted by atomic mass is 35.5. The first-order chi connectivity index (χ1) is 25.9. The molecular formula is C44H38ClN3O5. The molecule has 5 aromatic rings. The van der Waals surface area contributed by atoms with Crippen molar-refractivity contribution in [3.63, 3.8) is 0 Å². The van der Waals surface area contributed by atoms with Gasteiger partial charge in [-0.25, -0.2) is 9.69 Å². The largest absolute Gasteiger partial charge is 0.490 e. The van der Waals surface area contributed by atoms with E-state index in [1.807, 2.05) is 67.6 Å². The van der Waals surface area contributed by atoms with E-state index < -0.39 is 17.8 Å². The number of ether oxygens (including phenoxy) is 2. The molecule has 0 saturated carbocycles. The Bertz CT molecular complexity index is 2150. The second-order valence-electron chi connectivity index (χ2n) is 13.5. The van der Waals surface area contributed by atoms with Gasteiger partial charge in [0.15, 0.2) is 11.5 Å². The molecule has 2 atom stereocenters. The summed E-state index contributed by atoms with van der Waals surface area (Å²) in [5, 5.41) is 3.07. The van der Waals surface area contributed by atoms with E-state index in [0.29, 0.717) is 41.0 Å². The average molecular weight is 724 g/mol. The van der Waals surface area contributed by atoms with Gasteiger partial charge in [0.25, 0.3) is 11.8 Å². The highest BCUT2D eigenvalue weighted by Crippen LogP contribution is 2.50. The van der Waals surface area contributed by atoms with E-state index in [9.17, 15) is 14.4 Å². The second kappa shape index (κ2) is 14.6. The Balaban J connectivity index is 1.17. The van der Waals surface area contributed by atoms with Gasteiger partial charge in [0, 0.05) is 35.6 Å². The second-order valence-corrected chi connectivity index (χ2v) is 13.9. The topological polar surface area (TPSA) is 88.2 Å². The summed E-state index contributed by atoms with van der Waals surface area (Å²) in [5.74, 6) is -0.321. The summed E-state index contributed by atoms with van der Waals surface area (Å²) in [7, 11) is 0. The van der Waals surface area contributed by atoms with Gasteiger partial charge in [0.1, 0.15) is 12.2 Å². The SMILES string of the molecule is CCOc1cc(/C=C2\C(=O)NC(=O)N(c3cc4c5c(c3)[C@H](c3ccccc3)CCN5CC[C@@H]4c3ccccc3)C2=O)ccc1OCc1ccc(Cl)cc1. The minimum absolute atomic E-state index is 0.0766. The van der Waals surface area contributed by atoms with E-state index in [4.69, 9.17) is 21.1 Å². The third kappa shape index (κ3) is 6.78. The van der Waals surface area contributed by atoms with Crippen LogP contribution in [-0.2, 0) is 16.2 Å². The van der Waals surface area contributed by atoms with Crippen LogP contribution in [0, 0.1) is 0 Å². The van der Waals surface area contributed by atoms with Crippen LogP contribution in [0.3, 0.4) is 0 Å². The van der Waals surface area contributed by atoms with Gasteiger partial charge in [-0.1, -0.05) is 90.5 Å². The van der Waals surface area contributed by atoms with Gasteiger partial charge in [-0.05, 0) is 95.6 Å². The maximum atomic E-state index is 14.4. The molecule has 1 saturated heterocycles. The zero-order valence-corrected chi connectivity index (χ0v) is 30.0. The molecule has 0 bridgehead atoms. The van der Waals surface area contributed by atoms with Crippen LogP contribution in [0.2, 0.25) is 5.02 Å². The fourth-order valence-corrected chi connectivity index (χ4v) is 7.90. The van der Waals surface area contributed by atoms with Gasteiger partial charge >= 0.3 is 6.03 Å². The first-order valence-electron chi connectivity index (χ1n) is 18.0. The first-order valence-corrected chi connectivity index (χ1v) is 18.3. The summed E-state index contributed by atoms with van der Waals surface area (Å²) in [5.41, 5.74) is 7.46. The maximum Gasteiger partial charge on any atom is 0.335 e. The van der Waals surface area contributed by atoms with Gasteiger partial charge in [0.05, 0.1) is 12.3 Å². The number of imide groups is 2. The van der Waals surface area contributed by atoms with Crippen molar-refractivity contribution in [2.45, 2.75) is 38.2 Å². The lowest BCUT2D eigenvalue weighted by Crippen LogP contribution is -2.54. The van der Waals surface area contributed by atoms with Crippen molar-refractivity contribution in [1.29, 1.82) is 0 Å². The van der Waals surface area contributed by atoms with E-state index >= 15 is 0 Å². The Morgan fingerprint density at radius 2 is 1.38 bits per heavy atom. The Labute approximate surface area is 313 Å². The third-order valence-electron chi connectivity index (χ3n) is 10.2. The number of halogens is 1. The van der Waals surface area contributed by atoms with Crippen LogP contribution >= 0.6 is 11.6 Å². The summed E-state index contributed by atoms with van der Waals surface area (Å²) in [6.45, 7) is 4.38. The Kier molecular flexibility index (Phi) is 9.46. The van der Waals surface area contributed by atoms with E-state index in [0.717, 1.165) is 47.5 Å². The van der Waals surface area contributed by atoms with Crippen molar-refractivity contribution < 1.29 is 23.9 Å². The van der Waals surface area contributed by atoms with Crippen molar-refractivity contribution in [2.24, 2.45) is 0 Å². The molecule has 3 aliphatic rings. The van der Waals surface area contributed by atoms with Gasteiger partial charge in [0.2, 0.25) is 0 Å². The molecule has 0 aliphatic carbocycles. The fraction of sp³-hybridized carbons (Fsp3) is 0.205. The molecule has 3 heterocycles. The van der Waals surface area contributed by atoms with Crippen molar-refractivity contribution in [1.82, 2.24) is 5.32 Å². The number of nitrogens with one attached hydrogen (secondary N) is 1. The number of anilines is 2. The maximum absolute atomic E-state index is 14.4. The summed E-state index contributed by atoms with van der Waals surface area (Å²) in [6, 6.07) is 36.5. The number of barbiturate groups is 1. The first kappa shape index (κ1) is 34.2. The Morgan fingerprint density at radius 3 is 1.98 bits per heavy atom. The van der Waals surface area contributed by atoms with Crippen molar-refractivity contribution in [3.8, 4) is 11.5 Å². The summed E-state index contributed by atoms with van der Waals surface area (Å²) >= 11 is 6.03. The van der Waals surface area contributed by atoms with Crippen LogP contribution in [0.25, 0.3) is 6.08 Å². The van der Waals surface area contributed by atoms with Crippen LogP contribution in [0.4, 0.5) is 16.2 Å². The van der Waals surface area contributed by atoms with E-state index in [2.05, 4.69) is 34.5 Å². The van der Waals surface area contributed by atoms with Gasteiger partial charge in [-0.3, -0.25) is 14.9 Å². The lowest BCUT2D eigenvalue weighted by atomic mass is 9.76. The number of urea groups is 1. The molecule has 1 N–H and O–H groups in total. The lowest BCUT2D eigenvalue weighted by Gasteiger charge is -2.44. The van der Waals surface area contributed by atoms with E-state index in [1.165, 1.54) is 22.9 Å². The molecule has 3 aliphatic heterocycles. The number of amides is 4. The zero-order valence-electron chi connectivity index (χ0n) is 29.3. The molecule has 0 aromatic heterocycles. The fourth-order valence-electron chi connectivity index (χ4n) is 7.77. The Hall–Kier alpha value is -5.86. The highest BCUT2D eigenvalue weighted by Gasteiger charge is 2.40. The summed E-state index contributed by atoms with van der Waals surface area (Å²) in [6.07, 6.45) is 3.30. The smallest absolute Gasteiger partial charge is 0.335 e. The normalized spacial score (nSPS) is 18.8. The number of rotatable bonds is 9. The standard InChI is InChI=1S/C44H38ClN3O5/c1-2-52-40-24-29(15-18-39(40)53-27-28-13-16-32(45)17-14-28)23-38-42(49)46-44(51)48(43(38)50)33-25-36-34(30-9-5-3-6-10-30)19-21-47-22-20-35(37(26-33)41(36)47)31-11-7-4-8-12-31/h3-18,23-26,34-35H,2,19-22,27H2,1H3,(H,46,49,51)/b38-23+/t34-,35+.